The molecule has 3 nitrogen and oxygen atoms in total. The first-order valence-corrected chi connectivity index (χ1v) is 5.55. The second-order valence-corrected chi connectivity index (χ2v) is 4.08. The van der Waals surface area contributed by atoms with Crippen LogP contribution in [0.1, 0.15) is 18.9 Å². The van der Waals surface area contributed by atoms with Crippen LogP contribution in [0.3, 0.4) is 0 Å². The van der Waals surface area contributed by atoms with Crippen LogP contribution in [0.5, 0.6) is 0 Å². The molecule has 0 amide bonds. The summed E-state index contributed by atoms with van der Waals surface area (Å²) in [6, 6.07) is 9.55. The van der Waals surface area contributed by atoms with Gasteiger partial charge >= 0.3 is 5.97 Å². The van der Waals surface area contributed by atoms with E-state index in [1.807, 2.05) is 30.3 Å². The Morgan fingerprint density at radius 1 is 1.47 bits per heavy atom. The van der Waals surface area contributed by atoms with Crippen molar-refractivity contribution in [2.75, 3.05) is 13.2 Å². The molecule has 0 aliphatic carbocycles. The van der Waals surface area contributed by atoms with E-state index in [0.29, 0.717) is 6.42 Å². The number of esters is 1. The lowest BCUT2D eigenvalue weighted by Crippen LogP contribution is -2.36. The minimum Gasteiger partial charge on any atom is -0.465 e. The first-order valence-electron chi connectivity index (χ1n) is 5.55. The third-order valence-electron chi connectivity index (χ3n) is 2.78. The highest BCUT2D eigenvalue weighted by Gasteiger charge is 2.31. The molecule has 0 radical (unpaired) electrons. The molecule has 1 atom stereocenters. The van der Waals surface area contributed by atoms with Crippen molar-refractivity contribution < 1.29 is 14.6 Å². The molecule has 0 aliphatic heterocycles. The van der Waals surface area contributed by atoms with Gasteiger partial charge in [0.15, 0.2) is 0 Å². The van der Waals surface area contributed by atoms with E-state index >= 15 is 0 Å². The number of hydrogen-bond donors (Lipinski definition) is 1. The van der Waals surface area contributed by atoms with E-state index < -0.39 is 5.41 Å². The molecule has 92 valence electrons. The van der Waals surface area contributed by atoms with Gasteiger partial charge in [-0.05, 0) is 12.0 Å². The van der Waals surface area contributed by atoms with Gasteiger partial charge in [-0.1, -0.05) is 36.4 Å². The molecule has 0 aliphatic rings. The predicted molar refractivity (Wildman–Crippen MR) is 66.7 cm³/mol. The molecule has 17 heavy (non-hydrogen) atoms. The molecule has 1 aromatic carbocycles. The first-order chi connectivity index (χ1) is 8.14. The summed E-state index contributed by atoms with van der Waals surface area (Å²) in [5.74, 6) is -0.345. The number of carbonyl (C=O) groups is 1. The number of allylic oxidation sites excluding steroid dienone is 1. The van der Waals surface area contributed by atoms with E-state index in [1.165, 1.54) is 6.92 Å². The Morgan fingerprint density at radius 3 is 2.59 bits per heavy atom. The average Bonchev–Trinajstić information content (AvgIpc) is 2.35. The second-order valence-electron chi connectivity index (χ2n) is 4.08. The summed E-state index contributed by atoms with van der Waals surface area (Å²) >= 11 is 0. The molecule has 0 fully saturated rings. The van der Waals surface area contributed by atoms with Crippen LogP contribution in [-0.4, -0.2) is 24.3 Å². The van der Waals surface area contributed by atoms with Crippen molar-refractivity contribution in [2.24, 2.45) is 0 Å². The van der Waals surface area contributed by atoms with Crippen molar-refractivity contribution in [3.8, 4) is 0 Å². The minimum atomic E-state index is -0.589. The summed E-state index contributed by atoms with van der Waals surface area (Å²) < 4.78 is 5.06. The van der Waals surface area contributed by atoms with Crippen LogP contribution in [-0.2, 0) is 14.9 Å². The Kier molecular flexibility index (Phi) is 4.91. The van der Waals surface area contributed by atoms with Crippen LogP contribution in [0.2, 0.25) is 0 Å². The largest absolute Gasteiger partial charge is 0.465 e. The fourth-order valence-corrected chi connectivity index (χ4v) is 1.77. The van der Waals surface area contributed by atoms with Gasteiger partial charge in [0.1, 0.15) is 6.61 Å². The quantitative estimate of drug-likeness (QED) is 0.605. The molecule has 1 unspecified atom stereocenters. The molecule has 1 N–H and O–H groups in total. The highest BCUT2D eigenvalue weighted by Crippen LogP contribution is 2.28. The number of carbonyl (C=O) groups excluding carboxylic acids is 1. The SMILES string of the molecule is C=CCC(CO)(COC(C)=O)c1ccccc1. The molecule has 0 saturated heterocycles. The van der Waals surface area contributed by atoms with Crippen LogP contribution in [0, 0.1) is 0 Å². The number of aliphatic hydroxyl groups excluding tert-OH is 1. The molecular weight excluding hydrogens is 216 g/mol. The van der Waals surface area contributed by atoms with E-state index in [1.54, 1.807) is 6.08 Å². The van der Waals surface area contributed by atoms with E-state index in [2.05, 4.69) is 6.58 Å². The highest BCUT2D eigenvalue weighted by atomic mass is 16.5. The molecule has 0 aromatic heterocycles. The topological polar surface area (TPSA) is 46.5 Å². The zero-order valence-electron chi connectivity index (χ0n) is 10.1. The Morgan fingerprint density at radius 2 is 2.12 bits per heavy atom. The van der Waals surface area contributed by atoms with E-state index in [4.69, 9.17) is 4.74 Å². The number of rotatable bonds is 6. The van der Waals surface area contributed by atoms with Gasteiger partial charge in [-0.3, -0.25) is 4.79 Å². The minimum absolute atomic E-state index is 0.0870. The Hall–Kier alpha value is -1.61. The van der Waals surface area contributed by atoms with Crippen molar-refractivity contribution in [3.63, 3.8) is 0 Å². The summed E-state index contributed by atoms with van der Waals surface area (Å²) in [6.07, 6.45) is 2.29. The highest BCUT2D eigenvalue weighted by molar-refractivity contribution is 5.66. The molecule has 0 spiro atoms. The number of ether oxygens (including phenoxy) is 1. The van der Waals surface area contributed by atoms with Gasteiger partial charge in [-0.25, -0.2) is 0 Å². The normalized spacial score (nSPS) is 13.8. The Labute approximate surface area is 102 Å². The monoisotopic (exact) mass is 234 g/mol. The molecule has 0 bridgehead atoms. The third kappa shape index (κ3) is 3.43. The average molecular weight is 234 g/mol. The fourth-order valence-electron chi connectivity index (χ4n) is 1.77. The molecule has 3 heteroatoms. The molecule has 0 saturated carbocycles. The molecule has 1 rings (SSSR count). The lowest BCUT2D eigenvalue weighted by Gasteiger charge is -2.30. The predicted octanol–water partition coefficient (Wildman–Crippen LogP) is 2.06. The van der Waals surface area contributed by atoms with Gasteiger partial charge in [0.2, 0.25) is 0 Å². The third-order valence-corrected chi connectivity index (χ3v) is 2.78. The fraction of sp³-hybridized carbons (Fsp3) is 0.357. The zero-order chi connectivity index (χ0) is 12.7. The Bertz CT molecular complexity index is 372. The summed E-state index contributed by atoms with van der Waals surface area (Å²) in [4.78, 5) is 10.9. The van der Waals surface area contributed by atoms with Gasteiger partial charge < -0.3 is 9.84 Å². The van der Waals surface area contributed by atoms with Gasteiger partial charge in [0, 0.05) is 6.92 Å². The summed E-state index contributed by atoms with van der Waals surface area (Å²) in [5.41, 5.74) is 0.359. The van der Waals surface area contributed by atoms with Gasteiger partial charge in [0.05, 0.1) is 12.0 Å². The Balaban J connectivity index is 2.99. The molecule has 1 aromatic rings. The summed E-state index contributed by atoms with van der Waals surface area (Å²) in [5, 5.41) is 9.63. The van der Waals surface area contributed by atoms with Crippen LogP contribution in [0.4, 0.5) is 0 Å². The van der Waals surface area contributed by atoms with Crippen molar-refractivity contribution >= 4 is 5.97 Å². The van der Waals surface area contributed by atoms with Crippen LogP contribution < -0.4 is 0 Å². The lowest BCUT2D eigenvalue weighted by molar-refractivity contribution is -0.143. The maximum atomic E-state index is 10.9. The van der Waals surface area contributed by atoms with E-state index in [9.17, 15) is 9.90 Å². The molecule has 0 heterocycles. The van der Waals surface area contributed by atoms with E-state index in [-0.39, 0.29) is 19.2 Å². The number of hydrogen-bond acceptors (Lipinski definition) is 3. The van der Waals surface area contributed by atoms with Crippen LogP contribution in [0.25, 0.3) is 0 Å². The van der Waals surface area contributed by atoms with Crippen molar-refractivity contribution in [1.29, 1.82) is 0 Å². The maximum absolute atomic E-state index is 10.9. The smallest absolute Gasteiger partial charge is 0.302 e. The summed E-state index contributed by atoms with van der Waals surface area (Å²) in [7, 11) is 0. The van der Waals surface area contributed by atoms with Crippen LogP contribution >= 0.6 is 0 Å². The summed E-state index contributed by atoms with van der Waals surface area (Å²) in [6.45, 7) is 5.13. The van der Waals surface area contributed by atoms with Crippen molar-refractivity contribution in [3.05, 3.63) is 48.6 Å². The number of benzene rings is 1. The zero-order valence-corrected chi connectivity index (χ0v) is 10.1. The van der Waals surface area contributed by atoms with Crippen molar-refractivity contribution in [2.45, 2.75) is 18.8 Å². The van der Waals surface area contributed by atoms with E-state index in [0.717, 1.165) is 5.56 Å². The maximum Gasteiger partial charge on any atom is 0.302 e. The second kappa shape index (κ2) is 6.21. The van der Waals surface area contributed by atoms with Crippen molar-refractivity contribution in [1.82, 2.24) is 0 Å². The first kappa shape index (κ1) is 13.5. The molecular formula is C14H18O3. The standard InChI is InChI=1S/C14H18O3/c1-3-9-14(10-15,11-17-12(2)16)13-7-5-4-6-8-13/h3-8,15H,1,9-11H2,2H3. The van der Waals surface area contributed by atoms with Gasteiger partial charge in [-0.15, -0.1) is 6.58 Å². The van der Waals surface area contributed by atoms with Crippen LogP contribution in [0.15, 0.2) is 43.0 Å². The number of aliphatic hydroxyl groups is 1. The van der Waals surface area contributed by atoms with Gasteiger partial charge in [-0.2, -0.15) is 0 Å². The van der Waals surface area contributed by atoms with Gasteiger partial charge in [0.25, 0.3) is 0 Å². The lowest BCUT2D eigenvalue weighted by atomic mass is 9.79.